The predicted molar refractivity (Wildman–Crippen MR) is 116 cm³/mol. The van der Waals surface area contributed by atoms with E-state index in [1.807, 2.05) is 12.1 Å². The van der Waals surface area contributed by atoms with Crippen LogP contribution in [0.25, 0.3) is 0 Å². The van der Waals surface area contributed by atoms with Crippen molar-refractivity contribution in [1.82, 2.24) is 10.0 Å². The zero-order valence-corrected chi connectivity index (χ0v) is 17.7. The second kappa shape index (κ2) is 11.2. The van der Waals surface area contributed by atoms with Gasteiger partial charge in [0.05, 0.1) is 4.90 Å². The molecule has 1 amide bonds. The molecule has 0 fully saturated rings. The Balaban J connectivity index is 1.76. The summed E-state index contributed by atoms with van der Waals surface area (Å²) in [4.78, 5) is 23.4. The van der Waals surface area contributed by atoms with E-state index in [2.05, 4.69) is 10.0 Å². The van der Waals surface area contributed by atoms with Crippen molar-refractivity contribution in [2.24, 2.45) is 5.73 Å². The van der Waals surface area contributed by atoms with Crippen molar-refractivity contribution in [2.75, 3.05) is 6.54 Å². The maximum absolute atomic E-state index is 12.3. The highest BCUT2D eigenvalue weighted by molar-refractivity contribution is 7.89. The number of rotatable bonds is 12. The minimum absolute atomic E-state index is 0.00828. The Kier molecular flexibility index (Phi) is 8.71. The summed E-state index contributed by atoms with van der Waals surface area (Å²) < 4.78 is 26.7. The molecule has 0 bridgehead atoms. The van der Waals surface area contributed by atoms with Crippen LogP contribution in [0.4, 0.5) is 0 Å². The zero-order chi connectivity index (χ0) is 22.9. The minimum Gasteiger partial charge on any atom is -0.480 e. The summed E-state index contributed by atoms with van der Waals surface area (Å²) in [5, 5.41) is 19.1. The van der Waals surface area contributed by atoms with E-state index < -0.39 is 22.0 Å². The maximum atomic E-state index is 12.3. The van der Waals surface area contributed by atoms with Crippen LogP contribution in [0.15, 0.2) is 59.5 Å². The van der Waals surface area contributed by atoms with Crippen LogP contribution >= 0.6 is 0 Å². The lowest BCUT2D eigenvalue weighted by atomic mass is 10.0. The summed E-state index contributed by atoms with van der Waals surface area (Å²) >= 11 is 0. The molecule has 0 aromatic heterocycles. The van der Waals surface area contributed by atoms with Gasteiger partial charge in [0.25, 0.3) is 0 Å². The molecule has 0 aliphatic heterocycles. The van der Waals surface area contributed by atoms with Crippen LogP contribution in [-0.2, 0) is 26.0 Å². The molecule has 9 nitrogen and oxygen atoms in total. The van der Waals surface area contributed by atoms with Crippen LogP contribution in [-0.4, -0.2) is 43.8 Å². The number of amides is 1. The highest BCUT2D eigenvalue weighted by Crippen LogP contribution is 2.10. The Morgan fingerprint density at radius 2 is 1.68 bits per heavy atom. The fraction of sp³-hybridized carbons (Fsp3) is 0.286. The topological polar surface area (TPSA) is 162 Å². The molecule has 10 heteroatoms. The van der Waals surface area contributed by atoms with Gasteiger partial charge in [0, 0.05) is 18.5 Å². The zero-order valence-electron chi connectivity index (χ0n) is 16.9. The SMILES string of the molecule is N=C(N)c1ccc(CCCCC(=O)NCC(NS(=O)(=O)c2ccccc2)C(=O)O)cc1. The van der Waals surface area contributed by atoms with E-state index in [4.69, 9.17) is 11.1 Å². The summed E-state index contributed by atoms with van der Waals surface area (Å²) in [5.41, 5.74) is 7.13. The van der Waals surface area contributed by atoms with Crippen LogP contribution in [0.5, 0.6) is 0 Å². The van der Waals surface area contributed by atoms with Gasteiger partial charge < -0.3 is 16.2 Å². The average Bonchev–Trinajstić information content (AvgIpc) is 2.75. The molecule has 2 aromatic carbocycles. The summed E-state index contributed by atoms with van der Waals surface area (Å²) in [5.74, 6) is -1.72. The van der Waals surface area contributed by atoms with E-state index in [-0.39, 0.29) is 29.6 Å². The summed E-state index contributed by atoms with van der Waals surface area (Å²) in [6.07, 6.45) is 2.28. The summed E-state index contributed by atoms with van der Waals surface area (Å²) in [6, 6.07) is 13.2. The van der Waals surface area contributed by atoms with Gasteiger partial charge >= 0.3 is 5.97 Å². The van der Waals surface area contributed by atoms with Crippen molar-refractivity contribution in [2.45, 2.75) is 36.6 Å². The summed E-state index contributed by atoms with van der Waals surface area (Å²) in [7, 11) is -4.02. The number of carbonyl (C=O) groups excluding carboxylic acids is 1. The van der Waals surface area contributed by atoms with Crippen molar-refractivity contribution in [3.8, 4) is 0 Å². The lowest BCUT2D eigenvalue weighted by Gasteiger charge is -2.15. The van der Waals surface area contributed by atoms with E-state index in [1.54, 1.807) is 18.2 Å². The second-order valence-corrected chi connectivity index (χ2v) is 8.66. The van der Waals surface area contributed by atoms with Gasteiger partial charge in [-0.2, -0.15) is 4.72 Å². The van der Waals surface area contributed by atoms with E-state index in [0.29, 0.717) is 12.0 Å². The molecule has 2 rings (SSSR count). The molecule has 0 saturated heterocycles. The van der Waals surface area contributed by atoms with Gasteiger partial charge in [-0.3, -0.25) is 15.0 Å². The van der Waals surface area contributed by atoms with Crippen molar-refractivity contribution in [3.05, 3.63) is 65.7 Å². The Bertz CT molecular complexity index is 1010. The number of nitrogen functional groups attached to an aromatic ring is 1. The number of amidine groups is 1. The number of carboxylic acids is 1. The molecular weight excluding hydrogens is 420 g/mol. The number of aryl methyl sites for hydroxylation is 1. The first-order valence-corrected chi connectivity index (χ1v) is 11.2. The number of nitrogens with one attached hydrogen (secondary N) is 3. The lowest BCUT2D eigenvalue weighted by molar-refractivity contribution is -0.138. The average molecular weight is 447 g/mol. The van der Waals surface area contributed by atoms with Crippen LogP contribution in [0.1, 0.15) is 30.4 Å². The Morgan fingerprint density at radius 3 is 2.26 bits per heavy atom. The third-order valence-electron chi connectivity index (χ3n) is 4.54. The largest absolute Gasteiger partial charge is 0.480 e. The number of benzene rings is 2. The molecule has 1 unspecified atom stereocenters. The number of sulfonamides is 1. The van der Waals surface area contributed by atoms with Gasteiger partial charge in [-0.1, -0.05) is 42.5 Å². The molecular formula is C21H26N4O5S. The van der Waals surface area contributed by atoms with E-state index in [0.717, 1.165) is 18.4 Å². The fourth-order valence-corrected chi connectivity index (χ4v) is 4.01. The second-order valence-electron chi connectivity index (χ2n) is 6.95. The van der Waals surface area contributed by atoms with Gasteiger partial charge in [0.1, 0.15) is 11.9 Å². The first-order valence-electron chi connectivity index (χ1n) is 9.69. The quantitative estimate of drug-likeness (QED) is 0.187. The number of hydrogen-bond acceptors (Lipinski definition) is 5. The molecule has 6 N–H and O–H groups in total. The monoisotopic (exact) mass is 446 g/mol. The van der Waals surface area contributed by atoms with Gasteiger partial charge in [-0.15, -0.1) is 0 Å². The molecule has 0 spiro atoms. The molecule has 0 aliphatic rings. The van der Waals surface area contributed by atoms with Gasteiger partial charge in [-0.25, -0.2) is 8.42 Å². The minimum atomic E-state index is -4.02. The number of aliphatic carboxylic acids is 1. The van der Waals surface area contributed by atoms with Gasteiger partial charge in [0.2, 0.25) is 15.9 Å². The molecule has 166 valence electrons. The molecule has 0 radical (unpaired) electrons. The van der Waals surface area contributed by atoms with Crippen LogP contribution in [0, 0.1) is 5.41 Å². The smallest absolute Gasteiger partial charge is 0.323 e. The van der Waals surface area contributed by atoms with Crippen LogP contribution < -0.4 is 15.8 Å². The fourth-order valence-electron chi connectivity index (χ4n) is 2.80. The van der Waals surface area contributed by atoms with Crippen molar-refractivity contribution in [1.29, 1.82) is 5.41 Å². The number of nitrogens with two attached hydrogens (primary N) is 1. The van der Waals surface area contributed by atoms with E-state index in [9.17, 15) is 23.1 Å². The number of carbonyl (C=O) groups is 2. The van der Waals surface area contributed by atoms with Gasteiger partial charge in [-0.05, 0) is 37.0 Å². The third-order valence-corrected chi connectivity index (χ3v) is 6.02. The van der Waals surface area contributed by atoms with Crippen molar-refractivity contribution < 1.29 is 23.1 Å². The van der Waals surface area contributed by atoms with Crippen molar-refractivity contribution >= 4 is 27.7 Å². The Labute approximate surface area is 181 Å². The van der Waals surface area contributed by atoms with Gasteiger partial charge in [0.15, 0.2) is 0 Å². The highest BCUT2D eigenvalue weighted by atomic mass is 32.2. The first kappa shape index (κ1) is 24.0. The number of carboxylic acid groups (broad SMARTS) is 1. The molecule has 2 aromatic rings. The standard InChI is InChI=1S/C21H26N4O5S/c22-20(23)16-12-10-15(11-13-16)6-4-5-9-19(26)24-14-18(21(27)28)25-31(29,30)17-7-2-1-3-8-17/h1-3,7-8,10-13,18,25H,4-6,9,14H2,(H3,22,23)(H,24,26)(H,27,28). The lowest BCUT2D eigenvalue weighted by Crippen LogP contribution is -2.48. The van der Waals surface area contributed by atoms with Crippen molar-refractivity contribution in [3.63, 3.8) is 0 Å². The molecule has 0 saturated carbocycles. The Morgan fingerprint density at radius 1 is 1.03 bits per heavy atom. The normalized spacial score (nSPS) is 12.1. The van der Waals surface area contributed by atoms with E-state index in [1.165, 1.54) is 24.3 Å². The molecule has 31 heavy (non-hydrogen) atoms. The first-order chi connectivity index (χ1) is 14.7. The van der Waals surface area contributed by atoms with E-state index >= 15 is 0 Å². The third kappa shape index (κ3) is 7.83. The molecule has 0 aliphatic carbocycles. The van der Waals surface area contributed by atoms with Crippen LogP contribution in [0.3, 0.4) is 0 Å². The Hall–Kier alpha value is -3.24. The number of hydrogen-bond donors (Lipinski definition) is 5. The maximum Gasteiger partial charge on any atom is 0.323 e. The predicted octanol–water partition coefficient (Wildman–Crippen LogP) is 1.23. The summed E-state index contributed by atoms with van der Waals surface area (Å²) in [6.45, 7) is -0.354. The molecule has 0 heterocycles. The molecule has 1 atom stereocenters. The number of unbranched alkanes of at least 4 members (excludes halogenated alkanes) is 1. The van der Waals surface area contributed by atoms with Crippen LogP contribution in [0.2, 0.25) is 0 Å². The highest BCUT2D eigenvalue weighted by Gasteiger charge is 2.25.